The van der Waals surface area contributed by atoms with Crippen LogP contribution in [0.15, 0.2) is 48.8 Å². The van der Waals surface area contributed by atoms with Crippen molar-refractivity contribution < 1.29 is 14.3 Å². The molecule has 0 atom stereocenters. The fourth-order valence-corrected chi connectivity index (χ4v) is 4.70. The molecule has 0 saturated carbocycles. The van der Waals surface area contributed by atoms with E-state index in [1.54, 1.807) is 6.20 Å². The van der Waals surface area contributed by atoms with Gasteiger partial charge in [0.25, 0.3) is 0 Å². The minimum Gasteiger partial charge on any atom is -0.477 e. The van der Waals surface area contributed by atoms with Crippen LogP contribution in [-0.2, 0) is 6.42 Å². The van der Waals surface area contributed by atoms with Crippen molar-refractivity contribution in [3.8, 4) is 22.4 Å². The maximum Gasteiger partial charge on any atom is 0.352 e. The molecule has 5 nitrogen and oxygen atoms in total. The van der Waals surface area contributed by atoms with E-state index in [0.717, 1.165) is 33.0 Å². The Labute approximate surface area is 184 Å². The molecule has 0 unspecified atom stereocenters. The summed E-state index contributed by atoms with van der Waals surface area (Å²) in [5.41, 5.74) is 6.50. The number of H-pyrrole nitrogens is 3. The molecule has 0 radical (unpaired) electrons. The van der Waals surface area contributed by atoms with E-state index in [1.807, 2.05) is 37.4 Å². The minimum absolute atomic E-state index is 0.122. The molecule has 2 aromatic carbocycles. The quantitative estimate of drug-likeness (QED) is 0.252. The number of halogens is 1. The molecule has 0 bridgehead atoms. The van der Waals surface area contributed by atoms with Crippen LogP contribution >= 0.6 is 0 Å². The number of carboxylic acids is 1. The lowest BCUT2D eigenvalue weighted by molar-refractivity contribution is 0.0692. The monoisotopic (exact) mass is 429 g/mol. The summed E-state index contributed by atoms with van der Waals surface area (Å²) in [7, 11) is 0. The summed E-state index contributed by atoms with van der Waals surface area (Å²) in [6.07, 6.45) is 4.28. The summed E-state index contributed by atoms with van der Waals surface area (Å²) >= 11 is 0. The molecule has 0 aliphatic rings. The third kappa shape index (κ3) is 3.19. The Balaban J connectivity index is 1.90. The molecule has 162 valence electrons. The maximum atomic E-state index is 14.5. The van der Waals surface area contributed by atoms with Crippen LogP contribution in [0.3, 0.4) is 0 Å². The molecule has 5 rings (SSSR count). The number of aromatic amines is 3. The van der Waals surface area contributed by atoms with E-state index in [1.165, 1.54) is 12.1 Å². The molecule has 5 aromatic rings. The van der Waals surface area contributed by atoms with Crippen LogP contribution in [0.5, 0.6) is 0 Å². The first-order chi connectivity index (χ1) is 15.3. The Morgan fingerprint density at radius 3 is 2.31 bits per heavy atom. The Hall–Kier alpha value is -3.80. The highest BCUT2D eigenvalue weighted by Gasteiger charge is 2.27. The van der Waals surface area contributed by atoms with E-state index in [-0.39, 0.29) is 17.4 Å². The molecule has 0 amide bonds. The van der Waals surface area contributed by atoms with E-state index >= 15 is 0 Å². The van der Waals surface area contributed by atoms with E-state index in [0.29, 0.717) is 28.8 Å². The standard InChI is InChI=1S/C26H24FN3O2/c1-13(2)8-20-23(18-9-14(3)10-21-16(18)4-6-28-21)25(26(31)32)30-24(20)19-11-15(27)12-22-17(19)5-7-29-22/h4-7,9-13,28-30H,8H2,1-3H3,(H,31,32). The number of hydrogen-bond acceptors (Lipinski definition) is 1. The van der Waals surface area contributed by atoms with Gasteiger partial charge in [-0.15, -0.1) is 0 Å². The molecule has 3 heterocycles. The average Bonchev–Trinajstić information content (AvgIpc) is 3.44. The third-order valence-electron chi connectivity index (χ3n) is 5.92. The van der Waals surface area contributed by atoms with Gasteiger partial charge in [0.1, 0.15) is 11.5 Å². The first kappa shape index (κ1) is 20.1. The summed E-state index contributed by atoms with van der Waals surface area (Å²) in [6.45, 7) is 6.19. The molecule has 0 saturated heterocycles. The van der Waals surface area contributed by atoms with Gasteiger partial charge in [0.05, 0.1) is 5.69 Å². The van der Waals surface area contributed by atoms with Gasteiger partial charge in [-0.25, -0.2) is 9.18 Å². The van der Waals surface area contributed by atoms with Gasteiger partial charge in [0.2, 0.25) is 0 Å². The van der Waals surface area contributed by atoms with Gasteiger partial charge in [-0.3, -0.25) is 0 Å². The van der Waals surface area contributed by atoms with Crippen molar-refractivity contribution in [2.75, 3.05) is 0 Å². The number of carboxylic acid groups (broad SMARTS) is 1. The predicted octanol–water partition coefficient (Wildman–Crippen LogP) is 6.66. The highest BCUT2D eigenvalue weighted by atomic mass is 19.1. The van der Waals surface area contributed by atoms with Crippen molar-refractivity contribution in [2.45, 2.75) is 27.2 Å². The van der Waals surface area contributed by atoms with Crippen LogP contribution in [0.4, 0.5) is 4.39 Å². The maximum absolute atomic E-state index is 14.5. The largest absolute Gasteiger partial charge is 0.477 e. The lowest BCUT2D eigenvalue weighted by Gasteiger charge is -2.13. The highest BCUT2D eigenvalue weighted by Crippen LogP contribution is 2.42. The van der Waals surface area contributed by atoms with Crippen molar-refractivity contribution in [2.24, 2.45) is 5.92 Å². The summed E-state index contributed by atoms with van der Waals surface area (Å²) in [6, 6.07) is 10.9. The zero-order valence-electron chi connectivity index (χ0n) is 18.1. The topological polar surface area (TPSA) is 84.7 Å². The zero-order chi connectivity index (χ0) is 22.6. The van der Waals surface area contributed by atoms with Crippen LogP contribution in [0.25, 0.3) is 44.2 Å². The van der Waals surface area contributed by atoms with Crippen molar-refractivity contribution in [3.05, 3.63) is 71.4 Å². The first-order valence-electron chi connectivity index (χ1n) is 10.7. The third-order valence-corrected chi connectivity index (χ3v) is 5.92. The van der Waals surface area contributed by atoms with Gasteiger partial charge >= 0.3 is 5.97 Å². The van der Waals surface area contributed by atoms with Gasteiger partial charge in [-0.2, -0.15) is 0 Å². The van der Waals surface area contributed by atoms with Crippen molar-refractivity contribution in [3.63, 3.8) is 0 Å². The lowest BCUT2D eigenvalue weighted by Crippen LogP contribution is -2.01. The Morgan fingerprint density at radius 1 is 1.00 bits per heavy atom. The number of carbonyl (C=O) groups is 1. The summed E-state index contributed by atoms with van der Waals surface area (Å²) < 4.78 is 14.5. The molecular weight excluding hydrogens is 405 g/mol. The number of aromatic nitrogens is 3. The van der Waals surface area contributed by atoms with Crippen LogP contribution < -0.4 is 0 Å². The fraction of sp³-hybridized carbons (Fsp3) is 0.192. The molecule has 0 spiro atoms. The number of aromatic carboxylic acids is 1. The molecule has 0 aliphatic carbocycles. The van der Waals surface area contributed by atoms with Crippen LogP contribution in [0.2, 0.25) is 0 Å². The Morgan fingerprint density at radius 2 is 1.66 bits per heavy atom. The van der Waals surface area contributed by atoms with Gasteiger partial charge < -0.3 is 20.1 Å². The SMILES string of the molecule is Cc1cc(-c2c(C(=O)O)[nH]c(-c3cc(F)cc4[nH]ccc34)c2CC(C)C)c2cc[nH]c2c1. The smallest absolute Gasteiger partial charge is 0.352 e. The number of nitrogens with one attached hydrogen (secondary N) is 3. The van der Waals surface area contributed by atoms with Gasteiger partial charge in [-0.1, -0.05) is 19.9 Å². The average molecular weight is 429 g/mol. The second-order valence-corrected chi connectivity index (χ2v) is 8.78. The normalized spacial score (nSPS) is 11.8. The van der Waals surface area contributed by atoms with Crippen LogP contribution in [-0.4, -0.2) is 26.0 Å². The van der Waals surface area contributed by atoms with Gasteiger partial charge in [0, 0.05) is 45.3 Å². The minimum atomic E-state index is -1.04. The van der Waals surface area contributed by atoms with Crippen molar-refractivity contribution >= 4 is 27.8 Å². The van der Waals surface area contributed by atoms with E-state index in [2.05, 4.69) is 28.8 Å². The van der Waals surface area contributed by atoms with E-state index < -0.39 is 5.97 Å². The van der Waals surface area contributed by atoms with Gasteiger partial charge in [-0.05, 0) is 66.3 Å². The fourth-order valence-electron chi connectivity index (χ4n) is 4.70. The summed E-state index contributed by atoms with van der Waals surface area (Å²) in [5.74, 6) is -1.14. The Kier molecular flexibility index (Phi) is 4.66. The van der Waals surface area contributed by atoms with Crippen LogP contribution in [0, 0.1) is 18.7 Å². The van der Waals surface area contributed by atoms with E-state index in [9.17, 15) is 14.3 Å². The summed E-state index contributed by atoms with van der Waals surface area (Å²) in [5, 5.41) is 11.9. The number of aryl methyl sites for hydroxylation is 1. The number of fused-ring (bicyclic) bond motifs is 2. The number of benzene rings is 2. The molecule has 0 aliphatic heterocycles. The molecular formula is C26H24FN3O2. The van der Waals surface area contributed by atoms with Crippen LogP contribution in [0.1, 0.15) is 35.5 Å². The predicted molar refractivity (Wildman–Crippen MR) is 126 cm³/mol. The molecule has 4 N–H and O–H groups in total. The molecule has 0 fully saturated rings. The van der Waals surface area contributed by atoms with Crippen molar-refractivity contribution in [1.82, 2.24) is 15.0 Å². The van der Waals surface area contributed by atoms with E-state index in [4.69, 9.17) is 0 Å². The number of rotatable bonds is 5. The highest BCUT2D eigenvalue weighted by molar-refractivity contribution is 6.06. The second kappa shape index (κ2) is 7.41. The summed E-state index contributed by atoms with van der Waals surface area (Å²) in [4.78, 5) is 21.9. The molecule has 6 heteroatoms. The number of hydrogen-bond donors (Lipinski definition) is 4. The lowest BCUT2D eigenvalue weighted by atomic mass is 9.89. The molecule has 3 aromatic heterocycles. The van der Waals surface area contributed by atoms with Gasteiger partial charge in [0.15, 0.2) is 0 Å². The Bertz CT molecular complexity index is 1490. The second-order valence-electron chi connectivity index (χ2n) is 8.78. The first-order valence-corrected chi connectivity index (χ1v) is 10.7. The molecule has 32 heavy (non-hydrogen) atoms. The van der Waals surface area contributed by atoms with Crippen molar-refractivity contribution in [1.29, 1.82) is 0 Å². The zero-order valence-corrected chi connectivity index (χ0v) is 18.1.